The van der Waals surface area contributed by atoms with Crippen LogP contribution in [-0.4, -0.2) is 5.91 Å². The van der Waals surface area contributed by atoms with Crippen LogP contribution >= 0.6 is 22.9 Å². The number of halogens is 1. The maximum Gasteiger partial charge on any atom is 0.228 e. The van der Waals surface area contributed by atoms with Gasteiger partial charge in [0.2, 0.25) is 5.91 Å². The molecule has 4 N–H and O–H groups in total. The molecule has 0 spiro atoms. The fraction of sp³-hybridized carbons (Fsp3) is 0.214. The van der Waals surface area contributed by atoms with Crippen molar-refractivity contribution in [2.24, 2.45) is 0 Å². The highest BCUT2D eigenvalue weighted by molar-refractivity contribution is 7.16. The number of nitrogen functional groups attached to an aromatic ring is 1. The minimum Gasteiger partial charge on any atom is -0.397 e. The van der Waals surface area contributed by atoms with Gasteiger partial charge < -0.3 is 16.4 Å². The Balaban J connectivity index is 1.84. The summed E-state index contributed by atoms with van der Waals surface area (Å²) in [6.07, 6.45) is 0.399. The molecule has 1 amide bonds. The lowest BCUT2D eigenvalue weighted by Crippen LogP contribution is -2.07. The van der Waals surface area contributed by atoms with Crippen LogP contribution in [0.3, 0.4) is 0 Å². The van der Waals surface area contributed by atoms with Crippen LogP contribution in [0, 0.1) is 0 Å². The summed E-state index contributed by atoms with van der Waals surface area (Å²) in [6, 6.07) is 7.72. The van der Waals surface area contributed by atoms with Gasteiger partial charge in [0, 0.05) is 10.6 Å². The zero-order valence-corrected chi connectivity index (χ0v) is 12.4. The normalized spacial score (nSPS) is 14.8. The lowest BCUT2D eigenvalue weighted by Gasteiger charge is -2.16. The average molecular weight is 308 g/mol. The van der Waals surface area contributed by atoms with Crippen LogP contribution in [0.4, 0.5) is 17.1 Å². The number of hydrogen-bond acceptors (Lipinski definition) is 4. The molecule has 2 heterocycles. The second kappa shape index (κ2) is 5.00. The Morgan fingerprint density at radius 1 is 1.45 bits per heavy atom. The molecule has 104 valence electrons. The average Bonchev–Trinajstić information content (AvgIpc) is 2.95. The smallest absolute Gasteiger partial charge is 0.228 e. The molecular formula is C14H14ClN3OS. The Morgan fingerprint density at radius 2 is 2.25 bits per heavy atom. The predicted molar refractivity (Wildman–Crippen MR) is 84.6 cm³/mol. The van der Waals surface area contributed by atoms with Crippen molar-refractivity contribution in [2.75, 3.05) is 16.4 Å². The molecule has 20 heavy (non-hydrogen) atoms. The summed E-state index contributed by atoms with van der Waals surface area (Å²) in [5, 5.41) is 6.19. The number of carbonyl (C=O) groups is 1. The highest BCUT2D eigenvalue weighted by Gasteiger charge is 2.20. The summed E-state index contributed by atoms with van der Waals surface area (Å²) >= 11 is 7.49. The van der Waals surface area contributed by atoms with Gasteiger partial charge in [0.1, 0.15) is 0 Å². The summed E-state index contributed by atoms with van der Waals surface area (Å²) in [5.41, 5.74) is 9.30. The first kappa shape index (κ1) is 13.3. The predicted octanol–water partition coefficient (Wildman–Crippen LogP) is 3.65. The molecule has 2 aromatic rings. The van der Waals surface area contributed by atoms with E-state index >= 15 is 0 Å². The van der Waals surface area contributed by atoms with Crippen molar-refractivity contribution < 1.29 is 4.79 Å². The van der Waals surface area contributed by atoms with Crippen LogP contribution in [0.5, 0.6) is 0 Å². The minimum absolute atomic E-state index is 0.00892. The Bertz CT molecular complexity index is 683. The van der Waals surface area contributed by atoms with Gasteiger partial charge in [-0.25, -0.2) is 0 Å². The molecule has 6 heteroatoms. The SMILES string of the molecule is CC(Nc1cc2c(cc1N)CC(=O)N2)c1ccc(Cl)s1. The number of carbonyl (C=O) groups excluding carboxylic acids is 1. The summed E-state index contributed by atoms with van der Waals surface area (Å²) in [7, 11) is 0. The van der Waals surface area contributed by atoms with E-state index in [4.69, 9.17) is 17.3 Å². The van der Waals surface area contributed by atoms with Gasteiger partial charge in [0.15, 0.2) is 0 Å². The van der Waals surface area contributed by atoms with Crippen molar-refractivity contribution in [1.82, 2.24) is 0 Å². The lowest BCUT2D eigenvalue weighted by molar-refractivity contribution is -0.115. The second-order valence-electron chi connectivity index (χ2n) is 4.83. The highest BCUT2D eigenvalue weighted by Crippen LogP contribution is 2.35. The minimum atomic E-state index is 0.00892. The number of benzene rings is 1. The van der Waals surface area contributed by atoms with E-state index in [9.17, 15) is 4.79 Å². The van der Waals surface area contributed by atoms with Crippen molar-refractivity contribution in [2.45, 2.75) is 19.4 Å². The molecule has 0 aliphatic carbocycles. The van der Waals surface area contributed by atoms with Crippen molar-refractivity contribution in [3.8, 4) is 0 Å². The zero-order chi connectivity index (χ0) is 14.3. The first-order valence-corrected chi connectivity index (χ1v) is 7.46. The van der Waals surface area contributed by atoms with E-state index in [0.717, 1.165) is 26.2 Å². The van der Waals surface area contributed by atoms with E-state index in [-0.39, 0.29) is 11.9 Å². The van der Waals surface area contributed by atoms with Crippen LogP contribution in [0.15, 0.2) is 24.3 Å². The molecule has 3 rings (SSSR count). The van der Waals surface area contributed by atoms with Crippen molar-refractivity contribution in [3.63, 3.8) is 0 Å². The molecule has 1 aliphatic rings. The van der Waals surface area contributed by atoms with Gasteiger partial charge in [-0.05, 0) is 36.8 Å². The standard InChI is InChI=1S/C14H14ClN3OS/c1-7(12-2-3-13(15)20-12)17-11-6-10-8(4-9(11)16)5-14(19)18-10/h2-4,6-7,17H,5,16H2,1H3,(H,18,19). The number of amides is 1. The molecule has 1 aliphatic heterocycles. The van der Waals surface area contributed by atoms with E-state index in [1.54, 1.807) is 0 Å². The largest absolute Gasteiger partial charge is 0.397 e. The number of anilines is 3. The van der Waals surface area contributed by atoms with Gasteiger partial charge in [-0.3, -0.25) is 4.79 Å². The Labute approximate surface area is 125 Å². The molecule has 0 saturated carbocycles. The Kier molecular flexibility index (Phi) is 3.31. The number of nitrogens with one attached hydrogen (secondary N) is 2. The van der Waals surface area contributed by atoms with Crippen molar-refractivity contribution in [3.05, 3.63) is 39.0 Å². The van der Waals surface area contributed by atoms with Crippen LogP contribution in [0.25, 0.3) is 0 Å². The van der Waals surface area contributed by atoms with E-state index in [0.29, 0.717) is 12.1 Å². The Hall–Kier alpha value is -1.72. The molecule has 0 saturated heterocycles. The number of rotatable bonds is 3. The fourth-order valence-corrected chi connectivity index (χ4v) is 3.35. The molecule has 1 atom stereocenters. The van der Waals surface area contributed by atoms with Gasteiger partial charge in [-0.2, -0.15) is 0 Å². The first-order valence-electron chi connectivity index (χ1n) is 6.27. The molecule has 1 unspecified atom stereocenters. The molecular weight excluding hydrogens is 294 g/mol. The molecule has 1 aromatic carbocycles. The summed E-state index contributed by atoms with van der Waals surface area (Å²) in [4.78, 5) is 12.5. The number of fused-ring (bicyclic) bond motifs is 1. The first-order chi connectivity index (χ1) is 9.52. The van der Waals surface area contributed by atoms with E-state index in [1.165, 1.54) is 11.3 Å². The van der Waals surface area contributed by atoms with Crippen LogP contribution in [0.2, 0.25) is 4.34 Å². The molecule has 4 nitrogen and oxygen atoms in total. The van der Waals surface area contributed by atoms with E-state index < -0.39 is 0 Å². The molecule has 1 aromatic heterocycles. The zero-order valence-electron chi connectivity index (χ0n) is 10.9. The van der Waals surface area contributed by atoms with Crippen LogP contribution in [0.1, 0.15) is 23.4 Å². The molecule has 0 bridgehead atoms. The number of hydrogen-bond donors (Lipinski definition) is 3. The van der Waals surface area contributed by atoms with Gasteiger partial charge in [0.25, 0.3) is 0 Å². The third kappa shape index (κ3) is 2.46. The summed E-state index contributed by atoms with van der Waals surface area (Å²) in [6.45, 7) is 2.05. The third-order valence-corrected chi connectivity index (χ3v) is 4.71. The Morgan fingerprint density at radius 3 is 2.95 bits per heavy atom. The van der Waals surface area contributed by atoms with Gasteiger partial charge >= 0.3 is 0 Å². The van der Waals surface area contributed by atoms with Gasteiger partial charge in [-0.15, -0.1) is 11.3 Å². The number of thiophene rings is 1. The summed E-state index contributed by atoms with van der Waals surface area (Å²) in [5.74, 6) is 0.00892. The second-order valence-corrected chi connectivity index (χ2v) is 6.58. The topological polar surface area (TPSA) is 67.1 Å². The number of nitrogens with two attached hydrogens (primary N) is 1. The highest BCUT2D eigenvalue weighted by atomic mass is 35.5. The summed E-state index contributed by atoms with van der Waals surface area (Å²) < 4.78 is 0.767. The maximum atomic E-state index is 11.4. The van der Waals surface area contributed by atoms with E-state index in [2.05, 4.69) is 10.6 Å². The quantitative estimate of drug-likeness (QED) is 0.758. The molecule has 0 fully saturated rings. The van der Waals surface area contributed by atoms with Crippen LogP contribution < -0.4 is 16.4 Å². The van der Waals surface area contributed by atoms with Crippen molar-refractivity contribution >= 4 is 45.9 Å². The lowest BCUT2D eigenvalue weighted by atomic mass is 10.1. The van der Waals surface area contributed by atoms with Gasteiger partial charge in [0.05, 0.1) is 28.2 Å². The van der Waals surface area contributed by atoms with Crippen molar-refractivity contribution in [1.29, 1.82) is 0 Å². The monoisotopic (exact) mass is 307 g/mol. The fourth-order valence-electron chi connectivity index (χ4n) is 2.28. The third-order valence-electron chi connectivity index (χ3n) is 3.29. The van der Waals surface area contributed by atoms with E-state index in [1.807, 2.05) is 31.2 Å². The van der Waals surface area contributed by atoms with Gasteiger partial charge in [-0.1, -0.05) is 11.6 Å². The van der Waals surface area contributed by atoms with Crippen LogP contribution in [-0.2, 0) is 11.2 Å². The maximum absolute atomic E-state index is 11.4. The molecule has 0 radical (unpaired) electrons.